The molecule has 0 aliphatic carbocycles. The lowest BCUT2D eigenvalue weighted by molar-refractivity contribution is -0.00452. The quantitative estimate of drug-likeness (QED) is 0.922. The van der Waals surface area contributed by atoms with Gasteiger partial charge >= 0.3 is 6.09 Å². The van der Waals surface area contributed by atoms with Gasteiger partial charge in [0, 0.05) is 30.9 Å². The van der Waals surface area contributed by atoms with Crippen molar-refractivity contribution in [2.75, 3.05) is 19.7 Å². The maximum Gasteiger partial charge on any atom is 0.410 e. The number of aromatic amines is 1. The second-order valence-corrected chi connectivity index (χ2v) is 7.04. The highest BCUT2D eigenvalue weighted by Crippen LogP contribution is 2.22. The molecule has 0 radical (unpaired) electrons. The SMILES string of the molecule is C[C@H](OC[C@H]1CCCN(C(=O)OC(C)(C)C)C1)c1ccc[nH]1. The van der Waals surface area contributed by atoms with E-state index >= 15 is 0 Å². The molecule has 5 nitrogen and oxygen atoms in total. The van der Waals surface area contributed by atoms with Gasteiger partial charge in [0.25, 0.3) is 0 Å². The number of piperidine rings is 1. The topological polar surface area (TPSA) is 54.6 Å². The van der Waals surface area contributed by atoms with Gasteiger partial charge in [0.15, 0.2) is 0 Å². The molecular formula is C17H28N2O3. The van der Waals surface area contributed by atoms with Gasteiger partial charge in [-0.15, -0.1) is 0 Å². The molecule has 1 aromatic rings. The first-order chi connectivity index (χ1) is 10.3. The molecule has 0 bridgehead atoms. The number of amides is 1. The number of H-pyrrole nitrogens is 1. The summed E-state index contributed by atoms with van der Waals surface area (Å²) in [7, 11) is 0. The lowest BCUT2D eigenvalue weighted by Crippen LogP contribution is -2.43. The fourth-order valence-corrected chi connectivity index (χ4v) is 2.66. The highest BCUT2D eigenvalue weighted by atomic mass is 16.6. The van der Waals surface area contributed by atoms with Crippen LogP contribution in [0.1, 0.15) is 52.3 Å². The number of nitrogens with zero attached hydrogens (tertiary/aromatic N) is 1. The van der Waals surface area contributed by atoms with Crippen LogP contribution in [0.4, 0.5) is 4.79 Å². The summed E-state index contributed by atoms with van der Waals surface area (Å²) >= 11 is 0. The van der Waals surface area contributed by atoms with Gasteiger partial charge in [0.1, 0.15) is 5.60 Å². The molecule has 1 amide bonds. The molecule has 1 aliphatic rings. The van der Waals surface area contributed by atoms with Gasteiger partial charge in [0.2, 0.25) is 0 Å². The Kier molecular flexibility index (Phi) is 5.51. The molecule has 1 saturated heterocycles. The average Bonchev–Trinajstić information content (AvgIpc) is 2.97. The van der Waals surface area contributed by atoms with Gasteiger partial charge in [-0.2, -0.15) is 0 Å². The zero-order valence-corrected chi connectivity index (χ0v) is 14.1. The second kappa shape index (κ2) is 7.18. The summed E-state index contributed by atoms with van der Waals surface area (Å²) in [4.78, 5) is 17.1. The van der Waals surface area contributed by atoms with Crippen LogP contribution in [0.5, 0.6) is 0 Å². The lowest BCUT2D eigenvalue weighted by Gasteiger charge is -2.34. The van der Waals surface area contributed by atoms with Gasteiger partial charge in [-0.3, -0.25) is 0 Å². The standard InChI is InChI=1S/C17H28N2O3/c1-13(15-8-5-9-18-15)21-12-14-7-6-10-19(11-14)16(20)22-17(2,3)4/h5,8-9,13-14,18H,6-7,10-12H2,1-4H3/t13-,14-/m0/s1. The van der Waals surface area contributed by atoms with Crippen molar-refractivity contribution in [3.05, 3.63) is 24.0 Å². The Morgan fingerprint density at radius 2 is 2.27 bits per heavy atom. The first-order valence-corrected chi connectivity index (χ1v) is 8.08. The van der Waals surface area contributed by atoms with Gasteiger partial charge in [-0.1, -0.05) is 0 Å². The summed E-state index contributed by atoms with van der Waals surface area (Å²) in [5.74, 6) is 0.374. The molecule has 2 atom stereocenters. The van der Waals surface area contributed by atoms with E-state index in [0.717, 1.165) is 25.1 Å². The maximum absolute atomic E-state index is 12.1. The van der Waals surface area contributed by atoms with E-state index in [1.807, 2.05) is 50.9 Å². The van der Waals surface area contributed by atoms with E-state index in [-0.39, 0.29) is 12.2 Å². The van der Waals surface area contributed by atoms with Crippen molar-refractivity contribution in [1.82, 2.24) is 9.88 Å². The van der Waals surface area contributed by atoms with Crippen LogP contribution in [0.25, 0.3) is 0 Å². The Bertz CT molecular complexity index is 465. The molecule has 1 aromatic heterocycles. The number of likely N-dealkylation sites (tertiary alicyclic amines) is 1. The van der Waals surface area contributed by atoms with E-state index in [0.29, 0.717) is 19.1 Å². The van der Waals surface area contributed by atoms with E-state index in [1.54, 1.807) is 0 Å². The van der Waals surface area contributed by atoms with Crippen LogP contribution in [-0.4, -0.2) is 41.3 Å². The third kappa shape index (κ3) is 5.05. The Labute approximate surface area is 133 Å². The second-order valence-electron chi connectivity index (χ2n) is 7.04. The molecule has 2 rings (SSSR count). The summed E-state index contributed by atoms with van der Waals surface area (Å²) in [6, 6.07) is 4.00. The highest BCUT2D eigenvalue weighted by Gasteiger charge is 2.28. The zero-order valence-electron chi connectivity index (χ0n) is 14.1. The third-order valence-electron chi connectivity index (χ3n) is 3.81. The summed E-state index contributed by atoms with van der Waals surface area (Å²) < 4.78 is 11.4. The minimum atomic E-state index is -0.442. The monoisotopic (exact) mass is 308 g/mol. The Morgan fingerprint density at radius 3 is 2.91 bits per heavy atom. The van der Waals surface area contributed by atoms with Crippen LogP contribution in [0.2, 0.25) is 0 Å². The van der Waals surface area contributed by atoms with Gasteiger partial charge in [-0.05, 0) is 52.7 Å². The normalized spacial score (nSPS) is 20.7. The van der Waals surface area contributed by atoms with Gasteiger partial charge in [0.05, 0.1) is 12.7 Å². The number of aromatic nitrogens is 1. The van der Waals surface area contributed by atoms with Crippen molar-refractivity contribution in [2.24, 2.45) is 5.92 Å². The Hall–Kier alpha value is -1.49. The van der Waals surface area contributed by atoms with E-state index in [1.165, 1.54) is 0 Å². The minimum absolute atomic E-state index is 0.0481. The van der Waals surface area contributed by atoms with Crippen LogP contribution in [0.15, 0.2) is 18.3 Å². The molecule has 0 saturated carbocycles. The van der Waals surface area contributed by atoms with Crippen LogP contribution >= 0.6 is 0 Å². The number of carbonyl (C=O) groups excluding carboxylic acids is 1. The lowest BCUT2D eigenvalue weighted by atomic mass is 9.99. The number of hydrogen-bond acceptors (Lipinski definition) is 3. The highest BCUT2D eigenvalue weighted by molar-refractivity contribution is 5.68. The third-order valence-corrected chi connectivity index (χ3v) is 3.81. The van der Waals surface area contributed by atoms with Crippen LogP contribution in [0.3, 0.4) is 0 Å². The molecule has 2 heterocycles. The molecule has 0 spiro atoms. The molecule has 5 heteroatoms. The van der Waals surface area contributed by atoms with E-state index in [4.69, 9.17) is 9.47 Å². The number of rotatable bonds is 4. The predicted molar refractivity (Wildman–Crippen MR) is 85.7 cm³/mol. The Morgan fingerprint density at radius 1 is 1.50 bits per heavy atom. The molecule has 22 heavy (non-hydrogen) atoms. The zero-order chi connectivity index (χ0) is 16.2. The van der Waals surface area contributed by atoms with Crippen LogP contribution < -0.4 is 0 Å². The fourth-order valence-electron chi connectivity index (χ4n) is 2.66. The Balaban J connectivity index is 1.79. The predicted octanol–water partition coefficient (Wildman–Crippen LogP) is 3.74. The van der Waals surface area contributed by atoms with E-state index < -0.39 is 5.60 Å². The molecule has 1 fully saturated rings. The number of carbonyl (C=O) groups is 1. The first-order valence-electron chi connectivity index (χ1n) is 8.08. The molecule has 1 aliphatic heterocycles. The summed E-state index contributed by atoms with van der Waals surface area (Å²) in [5.41, 5.74) is 0.641. The minimum Gasteiger partial charge on any atom is -0.444 e. The summed E-state index contributed by atoms with van der Waals surface area (Å²) in [5, 5.41) is 0. The van der Waals surface area contributed by atoms with E-state index in [9.17, 15) is 4.79 Å². The summed E-state index contributed by atoms with van der Waals surface area (Å²) in [6.07, 6.45) is 3.84. The smallest absolute Gasteiger partial charge is 0.410 e. The van der Waals surface area contributed by atoms with E-state index in [2.05, 4.69) is 4.98 Å². The molecular weight excluding hydrogens is 280 g/mol. The average molecular weight is 308 g/mol. The molecule has 124 valence electrons. The van der Waals surface area contributed by atoms with Crippen molar-refractivity contribution >= 4 is 6.09 Å². The largest absolute Gasteiger partial charge is 0.444 e. The van der Waals surface area contributed by atoms with Crippen LogP contribution in [0, 0.1) is 5.92 Å². The summed E-state index contributed by atoms with van der Waals surface area (Å²) in [6.45, 7) is 9.89. The van der Waals surface area contributed by atoms with Crippen molar-refractivity contribution < 1.29 is 14.3 Å². The maximum atomic E-state index is 12.1. The van der Waals surface area contributed by atoms with Crippen molar-refractivity contribution in [3.63, 3.8) is 0 Å². The number of hydrogen-bond donors (Lipinski definition) is 1. The van der Waals surface area contributed by atoms with Gasteiger partial charge in [-0.25, -0.2) is 4.79 Å². The number of ether oxygens (including phenoxy) is 2. The molecule has 0 unspecified atom stereocenters. The van der Waals surface area contributed by atoms with Gasteiger partial charge < -0.3 is 19.4 Å². The molecule has 1 N–H and O–H groups in total. The van der Waals surface area contributed by atoms with Crippen molar-refractivity contribution in [3.8, 4) is 0 Å². The number of nitrogens with one attached hydrogen (secondary N) is 1. The van der Waals surface area contributed by atoms with Crippen molar-refractivity contribution in [2.45, 2.75) is 52.2 Å². The molecule has 0 aromatic carbocycles. The van der Waals surface area contributed by atoms with Crippen molar-refractivity contribution in [1.29, 1.82) is 0 Å². The first kappa shape index (κ1) is 16.9. The fraction of sp³-hybridized carbons (Fsp3) is 0.706. The van der Waals surface area contributed by atoms with Crippen LogP contribution in [-0.2, 0) is 9.47 Å².